The second kappa shape index (κ2) is 5.38. The summed E-state index contributed by atoms with van der Waals surface area (Å²) in [7, 11) is 0. The molecule has 0 aliphatic carbocycles. The van der Waals surface area contributed by atoms with Crippen LogP contribution in [0, 0.1) is 6.92 Å². The molecule has 2 heterocycles. The first-order chi connectivity index (χ1) is 9.06. The van der Waals surface area contributed by atoms with Gasteiger partial charge in [-0.15, -0.1) is 0 Å². The molecule has 100 valence electrons. The first-order valence-electron chi connectivity index (χ1n) is 5.65. The number of rotatable bonds is 4. The van der Waals surface area contributed by atoms with Crippen LogP contribution >= 0.6 is 0 Å². The van der Waals surface area contributed by atoms with Crippen LogP contribution in [0.4, 0.5) is 5.82 Å². The van der Waals surface area contributed by atoms with Crippen LogP contribution in [0.3, 0.4) is 0 Å². The molecule has 2 aromatic heterocycles. The molecule has 0 fully saturated rings. The van der Waals surface area contributed by atoms with Crippen molar-refractivity contribution >= 4 is 17.6 Å². The number of nitrogens with one attached hydrogen (secondary N) is 2. The Morgan fingerprint density at radius 3 is 2.79 bits per heavy atom. The van der Waals surface area contributed by atoms with E-state index in [4.69, 9.17) is 8.94 Å². The highest BCUT2D eigenvalue weighted by atomic mass is 16.5. The van der Waals surface area contributed by atoms with Gasteiger partial charge >= 0.3 is 0 Å². The van der Waals surface area contributed by atoms with E-state index >= 15 is 0 Å². The fraction of sp³-hybridized carbons (Fsp3) is 0.250. The fourth-order valence-electron chi connectivity index (χ4n) is 1.40. The molecule has 0 aliphatic rings. The molecule has 7 nitrogen and oxygen atoms in total. The quantitative estimate of drug-likeness (QED) is 0.867. The molecule has 7 heteroatoms. The minimum atomic E-state index is -0.727. The van der Waals surface area contributed by atoms with Crippen molar-refractivity contribution in [3.8, 4) is 0 Å². The lowest BCUT2D eigenvalue weighted by molar-refractivity contribution is -0.117. The van der Waals surface area contributed by atoms with Gasteiger partial charge in [0, 0.05) is 6.07 Å². The van der Waals surface area contributed by atoms with Crippen molar-refractivity contribution in [1.29, 1.82) is 0 Å². The fourth-order valence-corrected chi connectivity index (χ4v) is 1.40. The van der Waals surface area contributed by atoms with E-state index in [1.165, 1.54) is 12.3 Å². The predicted octanol–water partition coefficient (Wildman–Crippen LogP) is 1.33. The van der Waals surface area contributed by atoms with E-state index in [1.54, 1.807) is 26.0 Å². The van der Waals surface area contributed by atoms with Crippen molar-refractivity contribution in [2.24, 2.45) is 0 Å². The van der Waals surface area contributed by atoms with Crippen LogP contribution in [0.1, 0.15) is 23.2 Å². The van der Waals surface area contributed by atoms with Gasteiger partial charge in [0.1, 0.15) is 11.8 Å². The lowest BCUT2D eigenvalue weighted by Gasteiger charge is -2.11. The molecule has 0 radical (unpaired) electrons. The highest BCUT2D eigenvalue weighted by Gasteiger charge is 2.18. The smallest absolute Gasteiger partial charge is 0.287 e. The lowest BCUT2D eigenvalue weighted by atomic mass is 10.3. The van der Waals surface area contributed by atoms with Crippen molar-refractivity contribution in [3.05, 3.63) is 36.0 Å². The van der Waals surface area contributed by atoms with Crippen molar-refractivity contribution in [2.75, 3.05) is 5.32 Å². The molecule has 2 N–H and O–H groups in total. The summed E-state index contributed by atoms with van der Waals surface area (Å²) in [6.45, 7) is 3.27. The van der Waals surface area contributed by atoms with Crippen molar-refractivity contribution < 1.29 is 18.5 Å². The van der Waals surface area contributed by atoms with Crippen LogP contribution in [0.2, 0.25) is 0 Å². The van der Waals surface area contributed by atoms with Gasteiger partial charge < -0.3 is 19.6 Å². The average molecular weight is 263 g/mol. The minimum Gasteiger partial charge on any atom is -0.459 e. The number of amides is 2. The molecule has 0 spiro atoms. The van der Waals surface area contributed by atoms with Gasteiger partial charge in [-0.1, -0.05) is 5.16 Å². The van der Waals surface area contributed by atoms with Crippen molar-refractivity contribution in [1.82, 2.24) is 10.5 Å². The third-order valence-corrected chi connectivity index (χ3v) is 2.37. The van der Waals surface area contributed by atoms with Gasteiger partial charge in [-0.2, -0.15) is 0 Å². The summed E-state index contributed by atoms with van der Waals surface area (Å²) in [5, 5.41) is 8.66. The maximum atomic E-state index is 11.8. The van der Waals surface area contributed by atoms with Gasteiger partial charge in [0.25, 0.3) is 5.91 Å². The summed E-state index contributed by atoms with van der Waals surface area (Å²) >= 11 is 0. The summed E-state index contributed by atoms with van der Waals surface area (Å²) in [6, 6.07) is 3.96. The van der Waals surface area contributed by atoms with E-state index in [1.807, 2.05) is 0 Å². The van der Waals surface area contributed by atoms with Crippen LogP contribution in [0.15, 0.2) is 33.4 Å². The molecule has 0 bridgehead atoms. The Morgan fingerprint density at radius 2 is 2.21 bits per heavy atom. The molecule has 0 saturated heterocycles. The topological polar surface area (TPSA) is 97.4 Å². The van der Waals surface area contributed by atoms with Crippen molar-refractivity contribution in [2.45, 2.75) is 19.9 Å². The van der Waals surface area contributed by atoms with Gasteiger partial charge in [-0.3, -0.25) is 9.59 Å². The van der Waals surface area contributed by atoms with E-state index in [-0.39, 0.29) is 5.76 Å². The summed E-state index contributed by atoms with van der Waals surface area (Å²) in [6.07, 6.45) is 1.39. The van der Waals surface area contributed by atoms with Crippen LogP contribution in [-0.4, -0.2) is 23.0 Å². The number of hydrogen-bond donors (Lipinski definition) is 2. The van der Waals surface area contributed by atoms with Gasteiger partial charge in [0.15, 0.2) is 11.6 Å². The van der Waals surface area contributed by atoms with Crippen LogP contribution < -0.4 is 10.6 Å². The Kier molecular flexibility index (Phi) is 3.65. The zero-order valence-electron chi connectivity index (χ0n) is 10.5. The first-order valence-corrected chi connectivity index (χ1v) is 5.65. The molecule has 0 unspecified atom stereocenters. The van der Waals surface area contributed by atoms with Crippen LogP contribution in [0.5, 0.6) is 0 Å². The largest absolute Gasteiger partial charge is 0.459 e. The second-order valence-electron chi connectivity index (χ2n) is 3.98. The predicted molar refractivity (Wildman–Crippen MR) is 65.5 cm³/mol. The van der Waals surface area contributed by atoms with E-state index in [2.05, 4.69) is 15.8 Å². The Morgan fingerprint density at radius 1 is 1.42 bits per heavy atom. The summed E-state index contributed by atoms with van der Waals surface area (Å²) in [5.41, 5.74) is 0. The highest BCUT2D eigenvalue weighted by Crippen LogP contribution is 2.07. The van der Waals surface area contributed by atoms with Gasteiger partial charge in [-0.25, -0.2) is 0 Å². The number of hydrogen-bond acceptors (Lipinski definition) is 5. The monoisotopic (exact) mass is 263 g/mol. The molecule has 2 aromatic rings. The van der Waals surface area contributed by atoms with Crippen LogP contribution in [-0.2, 0) is 4.79 Å². The normalized spacial score (nSPS) is 11.9. The third kappa shape index (κ3) is 3.21. The van der Waals surface area contributed by atoms with Gasteiger partial charge in [0.05, 0.1) is 6.26 Å². The van der Waals surface area contributed by atoms with E-state index < -0.39 is 17.9 Å². The number of carbonyl (C=O) groups is 2. The van der Waals surface area contributed by atoms with E-state index in [0.29, 0.717) is 11.6 Å². The third-order valence-electron chi connectivity index (χ3n) is 2.37. The second-order valence-corrected chi connectivity index (χ2v) is 3.98. The highest BCUT2D eigenvalue weighted by molar-refractivity contribution is 5.99. The number of carbonyl (C=O) groups excluding carboxylic acids is 2. The Labute approximate surface area is 108 Å². The molecule has 1 atom stereocenters. The minimum absolute atomic E-state index is 0.150. The molecule has 2 amide bonds. The summed E-state index contributed by atoms with van der Waals surface area (Å²) in [5.74, 6) is 0.193. The summed E-state index contributed by atoms with van der Waals surface area (Å²) in [4.78, 5) is 23.4. The van der Waals surface area contributed by atoms with E-state index in [0.717, 1.165) is 0 Å². The lowest BCUT2D eigenvalue weighted by Crippen LogP contribution is -2.41. The molecule has 0 saturated carbocycles. The van der Waals surface area contributed by atoms with Crippen molar-refractivity contribution in [3.63, 3.8) is 0 Å². The molecular formula is C12H13N3O4. The maximum absolute atomic E-state index is 11.8. The maximum Gasteiger partial charge on any atom is 0.287 e. The zero-order valence-corrected chi connectivity index (χ0v) is 10.5. The first kappa shape index (κ1) is 12.9. The Bertz CT molecular complexity index is 574. The van der Waals surface area contributed by atoms with Crippen LogP contribution in [0.25, 0.3) is 0 Å². The number of aromatic nitrogens is 1. The molecule has 0 aromatic carbocycles. The average Bonchev–Trinajstić information content (AvgIpc) is 3.00. The van der Waals surface area contributed by atoms with E-state index in [9.17, 15) is 9.59 Å². The summed E-state index contributed by atoms with van der Waals surface area (Å²) < 4.78 is 9.74. The molecular weight excluding hydrogens is 250 g/mol. The Hall–Kier alpha value is -2.57. The standard InChI is InChI=1S/C12H13N3O4/c1-7-6-10(15-19-7)14-11(16)8(2)13-12(17)9-4-3-5-18-9/h3-6,8H,1-2H3,(H,13,17)(H,14,15,16)/t8-/m1/s1. The number of anilines is 1. The number of furan rings is 1. The Balaban J connectivity index is 1.91. The molecule has 2 rings (SSSR count). The number of aryl methyl sites for hydroxylation is 1. The molecule has 0 aliphatic heterocycles. The van der Waals surface area contributed by atoms with Gasteiger partial charge in [0.2, 0.25) is 5.91 Å². The number of nitrogens with zero attached hydrogens (tertiary/aromatic N) is 1. The van der Waals surface area contributed by atoms with Gasteiger partial charge in [-0.05, 0) is 26.0 Å². The zero-order chi connectivity index (χ0) is 13.8. The SMILES string of the molecule is Cc1cc(NC(=O)[C@@H](C)NC(=O)c2ccco2)no1. The molecule has 19 heavy (non-hydrogen) atoms.